The lowest BCUT2D eigenvalue weighted by atomic mass is 9.82. The van der Waals surface area contributed by atoms with Crippen LogP contribution in [0.2, 0.25) is 0 Å². The van der Waals surface area contributed by atoms with E-state index >= 15 is 0 Å². The van der Waals surface area contributed by atoms with E-state index in [-0.39, 0.29) is 18.3 Å². The summed E-state index contributed by atoms with van der Waals surface area (Å²) in [6.07, 6.45) is -2.95. The van der Waals surface area contributed by atoms with Gasteiger partial charge in [-0.15, -0.1) is 5.10 Å². The van der Waals surface area contributed by atoms with Gasteiger partial charge in [0, 0.05) is 6.54 Å². The van der Waals surface area contributed by atoms with Crippen molar-refractivity contribution in [1.82, 2.24) is 25.8 Å². The third kappa shape index (κ3) is 3.27. The minimum absolute atomic E-state index is 0.0157. The van der Waals surface area contributed by atoms with Gasteiger partial charge in [-0.05, 0) is 26.3 Å². The average molecular weight is 291 g/mol. The lowest BCUT2D eigenvalue weighted by Gasteiger charge is -2.32. The number of carbonyl (C=O) groups is 1. The summed E-state index contributed by atoms with van der Waals surface area (Å²) in [5, 5.41) is 11.0. The van der Waals surface area contributed by atoms with E-state index < -0.39 is 17.4 Å². The molecule has 0 aliphatic carbocycles. The summed E-state index contributed by atoms with van der Waals surface area (Å²) in [5.41, 5.74) is -0.537. The Morgan fingerprint density at radius 1 is 1.50 bits per heavy atom. The second-order valence-electron chi connectivity index (χ2n) is 5.13. The summed E-state index contributed by atoms with van der Waals surface area (Å²) in [6.45, 7) is 3.16. The lowest BCUT2D eigenvalue weighted by molar-refractivity contribution is -0.144. The number of aromatic amines is 1. The summed E-state index contributed by atoms with van der Waals surface area (Å²) in [4.78, 5) is 15.4. The van der Waals surface area contributed by atoms with Gasteiger partial charge in [-0.2, -0.15) is 13.2 Å². The summed E-state index contributed by atoms with van der Waals surface area (Å²) >= 11 is 0. The van der Waals surface area contributed by atoms with E-state index in [0.717, 1.165) is 19.4 Å². The van der Waals surface area contributed by atoms with Crippen LogP contribution in [-0.2, 0) is 17.5 Å². The van der Waals surface area contributed by atoms with E-state index in [9.17, 15) is 18.0 Å². The molecule has 1 atom stereocenters. The first-order chi connectivity index (χ1) is 9.31. The number of rotatable bonds is 3. The fraction of sp³-hybridized carbons (Fsp3) is 0.727. The number of amides is 1. The number of carbonyl (C=O) groups excluding carboxylic acids is 1. The number of piperidine rings is 1. The molecule has 0 unspecified atom stereocenters. The highest BCUT2D eigenvalue weighted by Gasteiger charge is 2.37. The molecule has 0 radical (unpaired) electrons. The molecular formula is C11H16F3N5O. The fourth-order valence-corrected chi connectivity index (χ4v) is 2.13. The van der Waals surface area contributed by atoms with Crippen LogP contribution in [0.1, 0.15) is 31.4 Å². The number of hydrogen-bond donors (Lipinski definition) is 3. The third-order valence-electron chi connectivity index (χ3n) is 3.35. The van der Waals surface area contributed by atoms with Gasteiger partial charge in [0.2, 0.25) is 5.91 Å². The number of nitrogens with one attached hydrogen (secondary N) is 3. The van der Waals surface area contributed by atoms with Crippen molar-refractivity contribution in [2.24, 2.45) is 5.41 Å². The van der Waals surface area contributed by atoms with Crippen LogP contribution in [0.25, 0.3) is 0 Å². The van der Waals surface area contributed by atoms with Crippen LogP contribution in [0.4, 0.5) is 13.2 Å². The Hall–Kier alpha value is -1.64. The van der Waals surface area contributed by atoms with Gasteiger partial charge in [0.15, 0.2) is 0 Å². The van der Waals surface area contributed by atoms with Crippen LogP contribution in [0.3, 0.4) is 0 Å². The van der Waals surface area contributed by atoms with Crippen LogP contribution in [0, 0.1) is 5.41 Å². The quantitative estimate of drug-likeness (QED) is 0.770. The molecule has 1 aliphatic rings. The molecule has 6 nitrogen and oxygen atoms in total. The maximum Gasteiger partial charge on any atom is 0.453 e. The number of aromatic nitrogens is 3. The zero-order valence-corrected chi connectivity index (χ0v) is 11.0. The van der Waals surface area contributed by atoms with Gasteiger partial charge in [0.1, 0.15) is 5.82 Å². The van der Waals surface area contributed by atoms with Gasteiger partial charge >= 0.3 is 6.18 Å². The van der Waals surface area contributed by atoms with Gasteiger partial charge < -0.3 is 10.6 Å². The maximum absolute atomic E-state index is 12.3. The number of halogens is 3. The van der Waals surface area contributed by atoms with Crippen molar-refractivity contribution in [3.63, 3.8) is 0 Å². The molecular weight excluding hydrogens is 275 g/mol. The average Bonchev–Trinajstić information content (AvgIpc) is 2.85. The molecule has 0 bridgehead atoms. The first kappa shape index (κ1) is 14.8. The zero-order chi connectivity index (χ0) is 14.8. The topological polar surface area (TPSA) is 82.7 Å². The highest BCUT2D eigenvalue weighted by molar-refractivity contribution is 5.82. The number of H-pyrrole nitrogens is 1. The summed E-state index contributed by atoms with van der Waals surface area (Å²) in [5.74, 6) is -1.44. The Labute approximate surface area is 113 Å². The Morgan fingerprint density at radius 2 is 2.25 bits per heavy atom. The van der Waals surface area contributed by atoms with Crippen molar-refractivity contribution in [1.29, 1.82) is 0 Å². The number of alkyl halides is 3. The molecule has 0 spiro atoms. The Bertz CT molecular complexity index is 479. The minimum Gasteiger partial charge on any atom is -0.348 e. The van der Waals surface area contributed by atoms with Gasteiger partial charge in [0.25, 0.3) is 5.82 Å². The van der Waals surface area contributed by atoms with E-state index in [1.54, 1.807) is 0 Å². The van der Waals surface area contributed by atoms with Gasteiger partial charge in [0.05, 0.1) is 12.0 Å². The molecule has 1 aromatic rings. The van der Waals surface area contributed by atoms with Crippen molar-refractivity contribution < 1.29 is 18.0 Å². The van der Waals surface area contributed by atoms with Crippen molar-refractivity contribution in [3.05, 3.63) is 11.6 Å². The summed E-state index contributed by atoms with van der Waals surface area (Å²) < 4.78 is 36.9. The minimum atomic E-state index is -4.59. The smallest absolute Gasteiger partial charge is 0.348 e. The normalized spacial score (nSPS) is 23.6. The molecule has 1 aromatic heterocycles. The van der Waals surface area contributed by atoms with E-state index in [1.807, 2.05) is 6.92 Å². The number of hydrogen-bond acceptors (Lipinski definition) is 4. The molecule has 1 fully saturated rings. The first-order valence-corrected chi connectivity index (χ1v) is 6.29. The van der Waals surface area contributed by atoms with Gasteiger partial charge in [-0.25, -0.2) is 4.98 Å². The highest BCUT2D eigenvalue weighted by Crippen LogP contribution is 2.26. The SMILES string of the molecule is C[C@@]1(C(=O)NCc2nc(C(F)(F)F)n[nH]2)CCCNC1. The van der Waals surface area contributed by atoms with E-state index in [2.05, 4.69) is 25.8 Å². The van der Waals surface area contributed by atoms with E-state index in [4.69, 9.17) is 0 Å². The lowest BCUT2D eigenvalue weighted by Crippen LogP contribution is -2.48. The molecule has 2 heterocycles. The molecule has 1 aliphatic heterocycles. The van der Waals surface area contributed by atoms with Crippen molar-refractivity contribution in [3.8, 4) is 0 Å². The molecule has 20 heavy (non-hydrogen) atoms. The molecule has 3 N–H and O–H groups in total. The molecule has 9 heteroatoms. The molecule has 112 valence electrons. The Balaban J connectivity index is 1.91. The largest absolute Gasteiger partial charge is 0.453 e. The second-order valence-corrected chi connectivity index (χ2v) is 5.13. The summed E-state index contributed by atoms with van der Waals surface area (Å²) in [6, 6.07) is 0. The maximum atomic E-state index is 12.3. The fourth-order valence-electron chi connectivity index (χ4n) is 2.13. The first-order valence-electron chi connectivity index (χ1n) is 6.29. The van der Waals surface area contributed by atoms with Crippen LogP contribution < -0.4 is 10.6 Å². The van der Waals surface area contributed by atoms with E-state index in [0.29, 0.717) is 6.54 Å². The van der Waals surface area contributed by atoms with Gasteiger partial charge in [-0.3, -0.25) is 9.89 Å². The molecule has 2 rings (SSSR count). The monoisotopic (exact) mass is 291 g/mol. The van der Waals surface area contributed by atoms with Crippen LogP contribution in [0.5, 0.6) is 0 Å². The standard InChI is InChI=1S/C11H16F3N5O/c1-10(3-2-4-15-6-10)9(20)16-5-7-17-8(19-18-7)11(12,13)14/h15H,2-6H2,1H3,(H,16,20)(H,17,18,19)/t10-/m1/s1. The Kier molecular flexibility index (Phi) is 3.98. The highest BCUT2D eigenvalue weighted by atomic mass is 19.4. The predicted octanol–water partition coefficient (Wildman–Crippen LogP) is 0.829. The molecule has 0 saturated carbocycles. The van der Waals surface area contributed by atoms with Crippen LogP contribution in [-0.4, -0.2) is 34.2 Å². The third-order valence-corrected chi connectivity index (χ3v) is 3.35. The van der Waals surface area contributed by atoms with Crippen molar-refractivity contribution >= 4 is 5.91 Å². The van der Waals surface area contributed by atoms with Crippen LogP contribution in [0.15, 0.2) is 0 Å². The second kappa shape index (κ2) is 5.39. The van der Waals surface area contributed by atoms with Gasteiger partial charge in [-0.1, -0.05) is 0 Å². The van der Waals surface area contributed by atoms with E-state index in [1.165, 1.54) is 0 Å². The molecule has 1 saturated heterocycles. The van der Waals surface area contributed by atoms with Crippen molar-refractivity contribution in [2.45, 2.75) is 32.5 Å². The molecule has 1 amide bonds. The van der Waals surface area contributed by atoms with Crippen LogP contribution >= 0.6 is 0 Å². The Morgan fingerprint density at radius 3 is 2.80 bits per heavy atom. The predicted molar refractivity (Wildman–Crippen MR) is 63.4 cm³/mol. The summed E-state index contributed by atoms with van der Waals surface area (Å²) in [7, 11) is 0. The van der Waals surface area contributed by atoms with Crippen molar-refractivity contribution in [2.75, 3.05) is 13.1 Å². The molecule has 0 aromatic carbocycles. The zero-order valence-electron chi connectivity index (χ0n) is 11.0. The number of nitrogens with zero attached hydrogens (tertiary/aromatic N) is 2.